The van der Waals surface area contributed by atoms with Crippen molar-refractivity contribution in [3.63, 3.8) is 0 Å². The van der Waals surface area contributed by atoms with Gasteiger partial charge in [0.25, 0.3) is 0 Å². The predicted molar refractivity (Wildman–Crippen MR) is 56.7 cm³/mol. The van der Waals surface area contributed by atoms with Gasteiger partial charge in [-0.1, -0.05) is 0 Å². The number of aromatic nitrogens is 2. The predicted octanol–water partition coefficient (Wildman–Crippen LogP) is 0.0328. The highest BCUT2D eigenvalue weighted by atomic mass is 16.2. The van der Waals surface area contributed by atoms with Gasteiger partial charge in [0.05, 0.1) is 5.69 Å². The minimum Gasteiger partial charge on any atom is -0.350 e. The first-order chi connectivity index (χ1) is 7.77. The van der Waals surface area contributed by atoms with Gasteiger partial charge in [-0.25, -0.2) is 25.2 Å². The number of carbonyl (C=O) groups is 1. The topological polar surface area (TPSA) is 84.1 Å². The largest absolute Gasteiger partial charge is 0.350 e. The van der Waals surface area contributed by atoms with Crippen LogP contribution in [0.3, 0.4) is 0 Å². The second-order valence-corrected chi connectivity index (χ2v) is 3.82. The van der Waals surface area contributed by atoms with Gasteiger partial charge < -0.3 is 5.73 Å². The number of amides is 2. The van der Waals surface area contributed by atoms with E-state index in [4.69, 9.17) is 5.73 Å². The summed E-state index contributed by atoms with van der Waals surface area (Å²) < 4.78 is 0. The molecule has 0 atom stereocenters. The highest BCUT2D eigenvalue weighted by molar-refractivity contribution is 5.82. The quantitative estimate of drug-likeness (QED) is 0.642. The van der Waals surface area contributed by atoms with E-state index in [0.717, 1.165) is 35.4 Å². The SMILES string of the molecule is NC(=O)N1NCC2=C1CCc1ncncc12. The lowest BCUT2D eigenvalue weighted by Gasteiger charge is -2.21. The number of primary amides is 1. The Balaban J connectivity index is 2.10. The first-order valence-electron chi connectivity index (χ1n) is 5.11. The van der Waals surface area contributed by atoms with Gasteiger partial charge in [0.2, 0.25) is 0 Å². The minimum absolute atomic E-state index is 0.467. The van der Waals surface area contributed by atoms with Crippen LogP contribution in [-0.2, 0) is 6.42 Å². The van der Waals surface area contributed by atoms with Gasteiger partial charge in [-0.3, -0.25) is 0 Å². The molecular weight excluding hydrogens is 206 g/mol. The molecule has 2 amide bonds. The summed E-state index contributed by atoms with van der Waals surface area (Å²) in [5.41, 5.74) is 12.4. The number of hydrogen-bond acceptors (Lipinski definition) is 4. The van der Waals surface area contributed by atoms with Crippen LogP contribution < -0.4 is 11.2 Å². The van der Waals surface area contributed by atoms with Gasteiger partial charge in [-0.15, -0.1) is 0 Å². The van der Waals surface area contributed by atoms with Crippen molar-refractivity contribution < 1.29 is 4.79 Å². The maximum absolute atomic E-state index is 11.2. The molecule has 2 heterocycles. The molecule has 0 radical (unpaired) electrons. The number of aryl methyl sites for hydroxylation is 1. The van der Waals surface area contributed by atoms with Gasteiger partial charge in [-0.05, 0) is 18.4 Å². The fourth-order valence-electron chi connectivity index (χ4n) is 2.26. The molecule has 0 saturated heterocycles. The molecule has 1 aromatic heterocycles. The standard InChI is InChI=1S/C10H11N5O/c11-10(16)15-9-2-1-8-6(3-12-5-13-8)7(9)4-14-15/h3,5,14H,1-2,4H2,(H2,11,16). The first-order valence-corrected chi connectivity index (χ1v) is 5.11. The number of hydrazine groups is 1. The summed E-state index contributed by atoms with van der Waals surface area (Å²) in [6, 6.07) is -0.467. The third-order valence-corrected chi connectivity index (χ3v) is 2.97. The van der Waals surface area contributed by atoms with Crippen LogP contribution in [0, 0.1) is 0 Å². The number of urea groups is 1. The van der Waals surface area contributed by atoms with E-state index in [2.05, 4.69) is 15.4 Å². The molecular formula is C10H11N5O. The summed E-state index contributed by atoms with van der Waals surface area (Å²) in [5.74, 6) is 0. The molecule has 3 rings (SSSR count). The number of allylic oxidation sites excluding steroid dienone is 1. The lowest BCUT2D eigenvalue weighted by molar-refractivity contribution is 0.207. The zero-order chi connectivity index (χ0) is 11.1. The highest BCUT2D eigenvalue weighted by Crippen LogP contribution is 2.33. The molecule has 82 valence electrons. The molecule has 6 nitrogen and oxygen atoms in total. The molecule has 1 aliphatic carbocycles. The molecule has 1 aromatic rings. The van der Waals surface area contributed by atoms with E-state index in [1.807, 2.05) is 0 Å². The molecule has 0 fully saturated rings. The molecule has 6 heteroatoms. The molecule has 0 unspecified atom stereocenters. The summed E-state index contributed by atoms with van der Waals surface area (Å²) >= 11 is 0. The van der Waals surface area contributed by atoms with Crippen LogP contribution in [0.5, 0.6) is 0 Å². The van der Waals surface area contributed by atoms with Crippen LogP contribution in [-0.4, -0.2) is 27.6 Å². The third kappa shape index (κ3) is 1.20. The summed E-state index contributed by atoms with van der Waals surface area (Å²) in [5, 5.41) is 1.42. The van der Waals surface area contributed by atoms with Crippen molar-refractivity contribution in [2.24, 2.45) is 5.73 Å². The maximum Gasteiger partial charge on any atom is 0.333 e. The number of nitrogens with one attached hydrogen (secondary N) is 1. The highest BCUT2D eigenvalue weighted by Gasteiger charge is 2.31. The van der Waals surface area contributed by atoms with E-state index in [0.29, 0.717) is 6.54 Å². The van der Waals surface area contributed by atoms with Gasteiger partial charge in [0, 0.05) is 24.0 Å². The van der Waals surface area contributed by atoms with Crippen LogP contribution in [0.1, 0.15) is 17.7 Å². The molecule has 1 aliphatic heterocycles. The lowest BCUT2D eigenvalue weighted by atomic mass is 9.94. The van der Waals surface area contributed by atoms with Gasteiger partial charge >= 0.3 is 6.03 Å². The van der Waals surface area contributed by atoms with Crippen molar-refractivity contribution in [2.45, 2.75) is 12.8 Å². The smallest absolute Gasteiger partial charge is 0.333 e. The summed E-state index contributed by atoms with van der Waals surface area (Å²) in [4.78, 5) is 19.5. The number of hydrogen-bond donors (Lipinski definition) is 2. The number of nitrogens with two attached hydrogens (primary N) is 1. The van der Waals surface area contributed by atoms with Crippen LogP contribution in [0.2, 0.25) is 0 Å². The Morgan fingerprint density at radius 3 is 3.19 bits per heavy atom. The number of fused-ring (bicyclic) bond motifs is 2. The van der Waals surface area contributed by atoms with Crippen molar-refractivity contribution >= 4 is 11.6 Å². The van der Waals surface area contributed by atoms with Gasteiger partial charge in [-0.2, -0.15) is 0 Å². The second-order valence-electron chi connectivity index (χ2n) is 3.82. The van der Waals surface area contributed by atoms with Crippen molar-refractivity contribution in [3.8, 4) is 0 Å². The Kier molecular flexibility index (Phi) is 1.90. The second kappa shape index (κ2) is 3.28. The average Bonchev–Trinajstić information content (AvgIpc) is 2.73. The molecule has 16 heavy (non-hydrogen) atoms. The number of rotatable bonds is 0. The van der Waals surface area contributed by atoms with Crippen molar-refractivity contribution in [2.75, 3.05) is 6.54 Å². The summed E-state index contributed by atoms with van der Waals surface area (Å²) in [7, 11) is 0. The fourth-order valence-corrected chi connectivity index (χ4v) is 2.26. The van der Waals surface area contributed by atoms with E-state index in [1.54, 1.807) is 12.5 Å². The maximum atomic E-state index is 11.2. The Hall–Kier alpha value is -1.95. The van der Waals surface area contributed by atoms with E-state index < -0.39 is 6.03 Å². The van der Waals surface area contributed by atoms with Crippen molar-refractivity contribution in [1.82, 2.24) is 20.4 Å². The van der Waals surface area contributed by atoms with E-state index in [-0.39, 0.29) is 0 Å². The molecule has 0 spiro atoms. The van der Waals surface area contributed by atoms with Gasteiger partial charge in [0.1, 0.15) is 6.33 Å². The lowest BCUT2D eigenvalue weighted by Crippen LogP contribution is -2.41. The Morgan fingerprint density at radius 1 is 1.50 bits per heavy atom. The van der Waals surface area contributed by atoms with Gasteiger partial charge in [0.15, 0.2) is 0 Å². The molecule has 0 saturated carbocycles. The average molecular weight is 217 g/mol. The first kappa shape index (κ1) is 9.29. The fraction of sp³-hybridized carbons (Fsp3) is 0.300. The van der Waals surface area contributed by atoms with Crippen LogP contribution >= 0.6 is 0 Å². The summed E-state index contributed by atoms with van der Waals surface area (Å²) in [6.45, 7) is 0.610. The van der Waals surface area contributed by atoms with Crippen LogP contribution in [0.15, 0.2) is 18.2 Å². The Bertz CT molecular complexity index is 496. The van der Waals surface area contributed by atoms with Crippen molar-refractivity contribution in [3.05, 3.63) is 29.5 Å². The Morgan fingerprint density at radius 2 is 2.38 bits per heavy atom. The zero-order valence-corrected chi connectivity index (χ0v) is 8.60. The van der Waals surface area contributed by atoms with Crippen molar-refractivity contribution in [1.29, 1.82) is 0 Å². The molecule has 0 aromatic carbocycles. The van der Waals surface area contributed by atoms with E-state index in [9.17, 15) is 4.79 Å². The zero-order valence-electron chi connectivity index (χ0n) is 8.60. The van der Waals surface area contributed by atoms with Crippen LogP contribution in [0.25, 0.3) is 5.57 Å². The number of carbonyl (C=O) groups excluding carboxylic acids is 1. The van der Waals surface area contributed by atoms with E-state index in [1.165, 1.54) is 5.01 Å². The summed E-state index contributed by atoms with van der Waals surface area (Å²) in [6.07, 6.45) is 4.96. The monoisotopic (exact) mass is 217 g/mol. The minimum atomic E-state index is -0.467. The van der Waals surface area contributed by atoms with E-state index >= 15 is 0 Å². The Labute approximate surface area is 92.1 Å². The molecule has 3 N–H and O–H groups in total. The molecule has 2 aliphatic rings. The normalized spacial score (nSPS) is 18.4. The third-order valence-electron chi connectivity index (χ3n) is 2.97. The number of nitrogens with zero attached hydrogens (tertiary/aromatic N) is 3. The van der Waals surface area contributed by atoms with Crippen LogP contribution in [0.4, 0.5) is 4.79 Å². The molecule has 0 bridgehead atoms.